The van der Waals surface area contributed by atoms with Gasteiger partial charge in [-0.2, -0.15) is 0 Å². The van der Waals surface area contributed by atoms with E-state index in [-0.39, 0.29) is 0 Å². The van der Waals surface area contributed by atoms with E-state index in [1.807, 2.05) is 0 Å². The van der Waals surface area contributed by atoms with Gasteiger partial charge in [-0.15, -0.1) is 5.73 Å². The molecule has 0 atom stereocenters. The highest BCUT2D eigenvalue weighted by molar-refractivity contribution is 7.04. The Morgan fingerprint density at radius 2 is 1.55 bits per heavy atom. The molecular formula is C21H26Si. The van der Waals surface area contributed by atoms with Crippen LogP contribution in [0.1, 0.15) is 31.7 Å². The Balaban J connectivity index is 2.47. The Labute approximate surface area is 136 Å². The molecule has 0 nitrogen and oxygen atoms in total. The summed E-state index contributed by atoms with van der Waals surface area (Å²) in [6.07, 6.45) is 5.83. The number of benzene rings is 2. The van der Waals surface area contributed by atoms with Gasteiger partial charge in [0.25, 0.3) is 0 Å². The molecule has 1 heteroatoms. The predicted octanol–water partition coefficient (Wildman–Crippen LogP) is 5.57. The normalized spacial score (nSPS) is 10.9. The molecule has 2 aromatic carbocycles. The number of hydrogen-bond acceptors (Lipinski definition) is 0. The van der Waals surface area contributed by atoms with Crippen LogP contribution in [0.4, 0.5) is 0 Å². The van der Waals surface area contributed by atoms with Gasteiger partial charge in [0, 0.05) is 0 Å². The SMILES string of the molecule is CCCCC=C=C(c1ccccc1)[Si](C)(C)c1ccccc1. The molecular weight excluding hydrogens is 280 g/mol. The first kappa shape index (κ1) is 16.5. The molecule has 22 heavy (non-hydrogen) atoms. The average Bonchev–Trinajstić information content (AvgIpc) is 2.56. The van der Waals surface area contributed by atoms with Gasteiger partial charge in [0.15, 0.2) is 0 Å². The van der Waals surface area contributed by atoms with Gasteiger partial charge in [-0.25, -0.2) is 0 Å². The molecule has 0 unspecified atom stereocenters. The zero-order valence-electron chi connectivity index (χ0n) is 14.0. The van der Waals surface area contributed by atoms with Crippen LogP contribution in [-0.2, 0) is 0 Å². The molecule has 0 fully saturated rings. The molecule has 0 heterocycles. The van der Waals surface area contributed by atoms with Gasteiger partial charge in [0.05, 0.1) is 0 Å². The standard InChI is InChI=1S/C21H26Si/c1-4-5-6-13-18-21(19-14-9-7-10-15-19)22(2,3)20-16-11-8-12-17-20/h7-17H,4-6H2,1-3H3. The monoisotopic (exact) mass is 306 g/mol. The second kappa shape index (κ2) is 7.98. The molecule has 114 valence electrons. The lowest BCUT2D eigenvalue weighted by atomic mass is 10.2. The van der Waals surface area contributed by atoms with Gasteiger partial charge in [-0.1, -0.05) is 92.3 Å². The Bertz CT molecular complexity index is 632. The van der Waals surface area contributed by atoms with Crippen molar-refractivity contribution in [1.82, 2.24) is 0 Å². The van der Waals surface area contributed by atoms with Crippen molar-refractivity contribution < 1.29 is 0 Å². The van der Waals surface area contributed by atoms with Gasteiger partial charge in [-0.3, -0.25) is 0 Å². The van der Waals surface area contributed by atoms with Gasteiger partial charge < -0.3 is 0 Å². The molecule has 0 aliphatic heterocycles. The van der Waals surface area contributed by atoms with Crippen LogP contribution in [0.2, 0.25) is 13.1 Å². The van der Waals surface area contributed by atoms with Crippen LogP contribution >= 0.6 is 0 Å². The number of allylic oxidation sites excluding steroid dienone is 1. The molecule has 0 saturated heterocycles. The third-order valence-corrected chi connectivity index (χ3v) is 7.59. The van der Waals surface area contributed by atoms with E-state index in [1.165, 1.54) is 28.8 Å². The lowest BCUT2D eigenvalue weighted by Gasteiger charge is -2.25. The highest BCUT2D eigenvalue weighted by Crippen LogP contribution is 2.25. The van der Waals surface area contributed by atoms with E-state index in [1.54, 1.807) is 0 Å². The summed E-state index contributed by atoms with van der Waals surface area (Å²) in [6, 6.07) is 21.7. The van der Waals surface area contributed by atoms with Crippen molar-refractivity contribution in [3.8, 4) is 0 Å². The third kappa shape index (κ3) is 4.10. The fourth-order valence-corrected chi connectivity index (χ4v) is 5.37. The zero-order chi connectivity index (χ0) is 15.8. The highest BCUT2D eigenvalue weighted by atomic mass is 28.3. The molecule has 0 amide bonds. The summed E-state index contributed by atoms with van der Waals surface area (Å²) >= 11 is 0. The average molecular weight is 307 g/mol. The fraction of sp³-hybridized carbons (Fsp3) is 0.286. The van der Waals surface area contributed by atoms with Crippen molar-refractivity contribution in [2.75, 3.05) is 0 Å². The van der Waals surface area contributed by atoms with Crippen LogP contribution in [0.3, 0.4) is 0 Å². The third-order valence-electron chi connectivity index (χ3n) is 4.13. The molecule has 0 radical (unpaired) electrons. The zero-order valence-corrected chi connectivity index (χ0v) is 15.0. The van der Waals surface area contributed by atoms with E-state index in [0.717, 1.165) is 6.42 Å². The van der Waals surface area contributed by atoms with E-state index in [9.17, 15) is 0 Å². The molecule has 0 aliphatic carbocycles. The number of unbranched alkanes of at least 4 members (excludes halogenated alkanes) is 2. The first-order chi connectivity index (χ1) is 10.7. The maximum absolute atomic E-state index is 3.66. The Morgan fingerprint density at radius 1 is 0.955 bits per heavy atom. The summed E-state index contributed by atoms with van der Waals surface area (Å²) in [5.41, 5.74) is 4.98. The van der Waals surface area contributed by atoms with Gasteiger partial charge in [-0.05, 0) is 29.7 Å². The summed E-state index contributed by atoms with van der Waals surface area (Å²) in [7, 11) is -1.74. The van der Waals surface area contributed by atoms with Crippen LogP contribution in [0.5, 0.6) is 0 Å². The summed E-state index contributed by atoms with van der Waals surface area (Å²) in [6.45, 7) is 7.08. The van der Waals surface area contributed by atoms with E-state index < -0.39 is 8.07 Å². The Kier molecular flexibility index (Phi) is 6.00. The molecule has 2 rings (SSSR count). The van der Waals surface area contributed by atoms with Gasteiger partial charge >= 0.3 is 0 Å². The first-order valence-electron chi connectivity index (χ1n) is 8.23. The number of rotatable bonds is 6. The van der Waals surface area contributed by atoms with E-state index >= 15 is 0 Å². The van der Waals surface area contributed by atoms with Crippen LogP contribution in [0.15, 0.2) is 72.5 Å². The lowest BCUT2D eigenvalue weighted by Crippen LogP contribution is -2.42. The highest BCUT2D eigenvalue weighted by Gasteiger charge is 2.29. The van der Waals surface area contributed by atoms with E-state index in [0.29, 0.717) is 0 Å². The largest absolute Gasteiger partial charge is 0.125 e. The van der Waals surface area contributed by atoms with Crippen LogP contribution in [0, 0.1) is 0 Å². The molecule has 0 spiro atoms. The van der Waals surface area contributed by atoms with E-state index in [4.69, 9.17) is 0 Å². The van der Waals surface area contributed by atoms with E-state index in [2.05, 4.69) is 92.5 Å². The number of hydrogen-bond donors (Lipinski definition) is 0. The minimum Gasteiger partial charge on any atom is -0.125 e. The summed E-state index contributed by atoms with van der Waals surface area (Å²) in [4.78, 5) is 0. The van der Waals surface area contributed by atoms with Crippen molar-refractivity contribution in [1.29, 1.82) is 0 Å². The quantitative estimate of drug-likeness (QED) is 0.372. The van der Waals surface area contributed by atoms with Crippen molar-refractivity contribution in [3.63, 3.8) is 0 Å². The van der Waals surface area contributed by atoms with Crippen LogP contribution in [-0.4, -0.2) is 8.07 Å². The smallest absolute Gasteiger partial charge is 0.122 e. The molecule has 0 aliphatic rings. The van der Waals surface area contributed by atoms with Crippen molar-refractivity contribution in [3.05, 3.63) is 78.0 Å². The van der Waals surface area contributed by atoms with Crippen LogP contribution in [0.25, 0.3) is 5.20 Å². The van der Waals surface area contributed by atoms with Crippen molar-refractivity contribution in [2.24, 2.45) is 0 Å². The summed E-state index contributed by atoms with van der Waals surface area (Å²) < 4.78 is 0. The fourth-order valence-electron chi connectivity index (χ4n) is 2.71. The van der Waals surface area contributed by atoms with Crippen LogP contribution < -0.4 is 5.19 Å². The maximum Gasteiger partial charge on any atom is 0.122 e. The molecule has 0 bridgehead atoms. The maximum atomic E-state index is 3.66. The lowest BCUT2D eigenvalue weighted by molar-refractivity contribution is 0.815. The summed E-state index contributed by atoms with van der Waals surface area (Å²) in [5.74, 6) is 0. The Morgan fingerprint density at radius 3 is 2.14 bits per heavy atom. The topological polar surface area (TPSA) is 0 Å². The minimum absolute atomic E-state index is 1.12. The summed E-state index contributed by atoms with van der Waals surface area (Å²) in [5, 5.41) is 2.86. The predicted molar refractivity (Wildman–Crippen MR) is 101 cm³/mol. The van der Waals surface area contributed by atoms with Crippen molar-refractivity contribution in [2.45, 2.75) is 39.3 Å². The molecule has 0 aromatic heterocycles. The van der Waals surface area contributed by atoms with Crippen molar-refractivity contribution >= 4 is 18.5 Å². The molecule has 0 N–H and O–H groups in total. The second-order valence-corrected chi connectivity index (χ2v) is 10.6. The second-order valence-electron chi connectivity index (χ2n) is 6.22. The molecule has 0 saturated carbocycles. The van der Waals surface area contributed by atoms with Gasteiger partial charge in [0.2, 0.25) is 0 Å². The Hall–Kier alpha value is -1.82. The molecule has 2 aromatic rings. The van der Waals surface area contributed by atoms with Gasteiger partial charge in [0.1, 0.15) is 8.07 Å². The first-order valence-corrected chi connectivity index (χ1v) is 11.2. The minimum atomic E-state index is -1.74.